The molecule has 5 nitrogen and oxygen atoms in total. The van der Waals surface area contributed by atoms with Gasteiger partial charge in [0.2, 0.25) is 5.91 Å². The van der Waals surface area contributed by atoms with Crippen LogP contribution in [0.3, 0.4) is 0 Å². The Morgan fingerprint density at radius 1 is 1.04 bits per heavy atom. The number of ether oxygens (including phenoxy) is 1. The maximum atomic E-state index is 13.4. The van der Waals surface area contributed by atoms with E-state index in [2.05, 4.69) is 33.0 Å². The molecule has 2 unspecified atom stereocenters. The molecule has 2 aromatic rings. The molecule has 1 N–H and O–H groups in total. The number of hydrogen-bond acceptors (Lipinski definition) is 3. The zero-order valence-corrected chi connectivity index (χ0v) is 16.8. The molecule has 1 aromatic heterocycles. The number of H-pyrrole nitrogens is 1. The highest BCUT2D eigenvalue weighted by molar-refractivity contribution is 5.79. The largest absolute Gasteiger partial charge is 0.497 e. The minimum Gasteiger partial charge on any atom is -0.497 e. The van der Waals surface area contributed by atoms with Gasteiger partial charge in [0.15, 0.2) is 0 Å². The smallest absolute Gasteiger partial charge is 0.237 e. The number of carbonyl (C=O) groups excluding carboxylic acids is 1. The maximum absolute atomic E-state index is 13.4. The predicted molar refractivity (Wildman–Crippen MR) is 110 cm³/mol. The molecule has 150 valence electrons. The maximum Gasteiger partial charge on any atom is 0.237 e. The van der Waals surface area contributed by atoms with Crippen LogP contribution in [0, 0.1) is 0 Å². The van der Waals surface area contributed by atoms with Crippen molar-refractivity contribution in [1.82, 2.24) is 14.8 Å². The van der Waals surface area contributed by atoms with E-state index in [0.717, 1.165) is 44.5 Å². The van der Waals surface area contributed by atoms with Gasteiger partial charge >= 0.3 is 0 Å². The summed E-state index contributed by atoms with van der Waals surface area (Å²) in [6, 6.07) is 12.9. The molecule has 5 heteroatoms. The monoisotopic (exact) mass is 381 g/mol. The molecule has 0 aliphatic carbocycles. The minimum atomic E-state index is 0.174. The van der Waals surface area contributed by atoms with Crippen LogP contribution in [0.4, 0.5) is 0 Å². The SMILES string of the molecule is COc1ccc(C2CCCCCN2C(=O)CN2CCCC2c2ccc[nH]2)cc1. The molecule has 2 aliphatic rings. The summed E-state index contributed by atoms with van der Waals surface area (Å²) >= 11 is 0. The number of aromatic amines is 1. The third-order valence-electron chi connectivity index (χ3n) is 6.26. The van der Waals surface area contributed by atoms with Gasteiger partial charge in [0, 0.05) is 18.4 Å². The van der Waals surface area contributed by atoms with Crippen molar-refractivity contribution < 1.29 is 9.53 Å². The summed E-state index contributed by atoms with van der Waals surface area (Å²) in [7, 11) is 1.69. The van der Waals surface area contributed by atoms with Gasteiger partial charge in [-0.1, -0.05) is 25.0 Å². The summed E-state index contributed by atoms with van der Waals surface area (Å²) in [5, 5.41) is 0. The molecule has 0 spiro atoms. The molecule has 28 heavy (non-hydrogen) atoms. The number of benzene rings is 1. The van der Waals surface area contributed by atoms with Crippen LogP contribution >= 0.6 is 0 Å². The molecule has 1 aromatic carbocycles. The van der Waals surface area contributed by atoms with Crippen molar-refractivity contribution in [1.29, 1.82) is 0 Å². The Bertz CT molecular complexity index is 757. The number of rotatable bonds is 5. The van der Waals surface area contributed by atoms with Crippen LogP contribution in [-0.2, 0) is 4.79 Å². The fourth-order valence-corrected chi connectivity index (χ4v) is 4.76. The Morgan fingerprint density at radius 2 is 1.86 bits per heavy atom. The Hall–Kier alpha value is -2.27. The summed E-state index contributed by atoms with van der Waals surface area (Å²) in [4.78, 5) is 21.2. The molecule has 0 saturated carbocycles. The molecule has 2 aliphatic heterocycles. The normalized spacial score (nSPS) is 23.5. The molecular formula is C23H31N3O2. The lowest BCUT2D eigenvalue weighted by Crippen LogP contribution is -2.42. The van der Waals surface area contributed by atoms with Crippen LogP contribution in [-0.4, -0.2) is 47.4 Å². The number of likely N-dealkylation sites (tertiary alicyclic amines) is 2. The average molecular weight is 382 g/mol. The van der Waals surface area contributed by atoms with Crippen molar-refractivity contribution in [2.75, 3.05) is 26.7 Å². The minimum absolute atomic E-state index is 0.174. The first-order valence-corrected chi connectivity index (χ1v) is 10.6. The van der Waals surface area contributed by atoms with E-state index >= 15 is 0 Å². The fraction of sp³-hybridized carbons (Fsp3) is 0.522. The van der Waals surface area contributed by atoms with E-state index in [-0.39, 0.29) is 11.9 Å². The van der Waals surface area contributed by atoms with Crippen molar-refractivity contribution in [2.45, 2.75) is 50.6 Å². The quantitative estimate of drug-likeness (QED) is 0.840. The van der Waals surface area contributed by atoms with Gasteiger partial charge in [-0.05, 0) is 62.1 Å². The highest BCUT2D eigenvalue weighted by Gasteiger charge is 2.32. The molecule has 0 radical (unpaired) electrons. The molecule has 2 atom stereocenters. The van der Waals surface area contributed by atoms with Crippen molar-refractivity contribution in [3.8, 4) is 5.75 Å². The van der Waals surface area contributed by atoms with Gasteiger partial charge in [-0.25, -0.2) is 0 Å². The van der Waals surface area contributed by atoms with Crippen LogP contribution in [0.25, 0.3) is 0 Å². The third-order valence-corrected chi connectivity index (χ3v) is 6.26. The average Bonchev–Trinajstić information content (AvgIpc) is 3.34. The Morgan fingerprint density at radius 3 is 2.61 bits per heavy atom. The standard InChI is InChI=1S/C23H31N3O2/c1-28-19-12-10-18(11-13-19)21-8-3-2-4-16-26(21)23(27)17-25-15-6-9-22(25)20-7-5-14-24-20/h5,7,10-14,21-22,24H,2-4,6,8-9,15-17H2,1H3. The first-order valence-electron chi connectivity index (χ1n) is 10.6. The van der Waals surface area contributed by atoms with Crippen LogP contribution < -0.4 is 4.74 Å². The van der Waals surface area contributed by atoms with Gasteiger partial charge in [0.1, 0.15) is 5.75 Å². The number of carbonyl (C=O) groups is 1. The van der Waals surface area contributed by atoms with Crippen molar-refractivity contribution in [2.24, 2.45) is 0 Å². The topological polar surface area (TPSA) is 48.6 Å². The zero-order valence-electron chi connectivity index (χ0n) is 16.8. The molecule has 2 saturated heterocycles. The number of aromatic nitrogens is 1. The molecule has 3 heterocycles. The summed E-state index contributed by atoms with van der Waals surface area (Å²) in [5.74, 6) is 1.13. The first-order chi connectivity index (χ1) is 13.8. The van der Waals surface area contributed by atoms with Crippen molar-refractivity contribution in [3.63, 3.8) is 0 Å². The van der Waals surface area contributed by atoms with E-state index in [1.165, 1.54) is 24.1 Å². The van der Waals surface area contributed by atoms with E-state index in [4.69, 9.17) is 4.74 Å². The Kier molecular flexibility index (Phi) is 6.01. The summed E-state index contributed by atoms with van der Waals surface area (Å²) in [6.45, 7) is 2.36. The van der Waals surface area contributed by atoms with Crippen molar-refractivity contribution in [3.05, 3.63) is 53.9 Å². The van der Waals surface area contributed by atoms with Gasteiger partial charge in [-0.2, -0.15) is 0 Å². The lowest BCUT2D eigenvalue weighted by molar-refractivity contribution is -0.135. The van der Waals surface area contributed by atoms with E-state index in [1.807, 2.05) is 24.4 Å². The summed E-state index contributed by atoms with van der Waals surface area (Å²) in [6.07, 6.45) is 8.76. The fourth-order valence-electron chi connectivity index (χ4n) is 4.76. The Labute approximate surface area is 167 Å². The number of nitrogens with zero attached hydrogens (tertiary/aromatic N) is 2. The van der Waals surface area contributed by atoms with Gasteiger partial charge in [0.25, 0.3) is 0 Å². The highest BCUT2D eigenvalue weighted by atomic mass is 16.5. The number of methoxy groups -OCH3 is 1. The lowest BCUT2D eigenvalue weighted by atomic mass is 10.0. The van der Waals surface area contributed by atoms with Gasteiger partial charge in [0.05, 0.1) is 25.7 Å². The van der Waals surface area contributed by atoms with Crippen LogP contribution in [0.1, 0.15) is 61.9 Å². The van der Waals surface area contributed by atoms with E-state index in [0.29, 0.717) is 12.6 Å². The second kappa shape index (κ2) is 8.82. The highest BCUT2D eigenvalue weighted by Crippen LogP contribution is 2.34. The number of nitrogens with one attached hydrogen (secondary N) is 1. The van der Waals surface area contributed by atoms with Crippen LogP contribution in [0.15, 0.2) is 42.6 Å². The van der Waals surface area contributed by atoms with Gasteiger partial charge < -0.3 is 14.6 Å². The van der Waals surface area contributed by atoms with Gasteiger partial charge in [-0.3, -0.25) is 9.69 Å². The zero-order chi connectivity index (χ0) is 19.3. The first kappa shape index (κ1) is 19.1. The summed E-state index contributed by atoms with van der Waals surface area (Å²) < 4.78 is 5.30. The molecule has 2 fully saturated rings. The number of hydrogen-bond donors (Lipinski definition) is 1. The predicted octanol–water partition coefficient (Wildman–Crippen LogP) is 4.30. The van der Waals surface area contributed by atoms with Crippen LogP contribution in [0.5, 0.6) is 5.75 Å². The lowest BCUT2D eigenvalue weighted by Gasteiger charge is -2.33. The molecular weight excluding hydrogens is 350 g/mol. The Balaban J connectivity index is 1.49. The molecule has 4 rings (SSSR count). The van der Waals surface area contributed by atoms with E-state index in [9.17, 15) is 4.79 Å². The second-order valence-electron chi connectivity index (χ2n) is 7.98. The van der Waals surface area contributed by atoms with Crippen LogP contribution in [0.2, 0.25) is 0 Å². The summed E-state index contributed by atoms with van der Waals surface area (Å²) in [5.41, 5.74) is 2.45. The molecule has 0 bridgehead atoms. The van der Waals surface area contributed by atoms with Crippen molar-refractivity contribution >= 4 is 5.91 Å². The molecule has 1 amide bonds. The van der Waals surface area contributed by atoms with E-state index in [1.54, 1.807) is 7.11 Å². The van der Waals surface area contributed by atoms with Gasteiger partial charge in [-0.15, -0.1) is 0 Å². The third kappa shape index (κ3) is 4.09. The second-order valence-corrected chi connectivity index (χ2v) is 7.98. The van der Waals surface area contributed by atoms with E-state index < -0.39 is 0 Å². The number of amides is 1.